The van der Waals surface area contributed by atoms with Crippen LogP contribution in [0.3, 0.4) is 0 Å². The number of esters is 1. The summed E-state index contributed by atoms with van der Waals surface area (Å²) in [4.78, 5) is 34.4. The largest absolute Gasteiger partial charge is 0.469 e. The molecule has 0 fully saturated rings. The Hall–Kier alpha value is -3.12. The Morgan fingerprint density at radius 3 is 2.48 bits per heavy atom. The molecule has 2 atom stereocenters. The lowest BCUT2D eigenvalue weighted by atomic mass is 10.1. The number of nitrogens with one attached hydrogen (secondary N) is 1. The van der Waals surface area contributed by atoms with Crippen molar-refractivity contribution in [3.05, 3.63) is 35.1 Å². The highest BCUT2D eigenvalue weighted by Crippen LogP contribution is 2.15. The first-order valence-corrected chi connectivity index (χ1v) is 10.6. The molecule has 1 rings (SSSR count). The van der Waals surface area contributed by atoms with Crippen LogP contribution in [0, 0.1) is 17.7 Å². The van der Waals surface area contributed by atoms with Gasteiger partial charge < -0.3 is 25.3 Å². The van der Waals surface area contributed by atoms with Gasteiger partial charge >= 0.3 is 12.1 Å². The van der Waals surface area contributed by atoms with E-state index in [4.69, 9.17) is 15.2 Å². The van der Waals surface area contributed by atoms with Crippen LogP contribution >= 0.6 is 0 Å². The maximum absolute atomic E-state index is 14.3. The minimum absolute atomic E-state index is 0.0616. The maximum atomic E-state index is 14.3. The molecule has 0 spiro atoms. The maximum Gasteiger partial charge on any atom is 0.407 e. The standard InChI is InChI=1S/C24H33FN2O6/c1-16(20(12-13-21(26)28)27-23(30)33-24(2,3)4)32-15-17-10-11-18(19(25)14-17)8-6-7-9-22(29)31-5/h10-11,14,16,20H,7,9,12-13,15H2,1-5H3,(H2,26,28)(H,27,30)/t16-,20+/m1/s1. The third-order valence-electron chi connectivity index (χ3n) is 4.42. The molecule has 0 aliphatic carbocycles. The van der Waals surface area contributed by atoms with Crippen molar-refractivity contribution in [3.63, 3.8) is 0 Å². The highest BCUT2D eigenvalue weighted by molar-refractivity contribution is 5.74. The zero-order valence-electron chi connectivity index (χ0n) is 19.8. The predicted molar refractivity (Wildman–Crippen MR) is 120 cm³/mol. The highest BCUT2D eigenvalue weighted by atomic mass is 19.1. The van der Waals surface area contributed by atoms with Gasteiger partial charge in [0.25, 0.3) is 0 Å². The van der Waals surface area contributed by atoms with Gasteiger partial charge in [0, 0.05) is 12.8 Å². The Kier molecular flexibility index (Phi) is 11.4. The number of benzene rings is 1. The first-order chi connectivity index (χ1) is 15.4. The van der Waals surface area contributed by atoms with Crippen LogP contribution < -0.4 is 11.1 Å². The molecule has 0 bridgehead atoms. The number of ether oxygens (including phenoxy) is 3. The van der Waals surface area contributed by atoms with Gasteiger partial charge in [-0.3, -0.25) is 9.59 Å². The van der Waals surface area contributed by atoms with Crippen LogP contribution in [0.4, 0.5) is 9.18 Å². The molecule has 0 heterocycles. The first-order valence-electron chi connectivity index (χ1n) is 10.6. The van der Waals surface area contributed by atoms with Crippen LogP contribution in [0.2, 0.25) is 0 Å². The van der Waals surface area contributed by atoms with Crippen molar-refractivity contribution in [1.82, 2.24) is 5.32 Å². The normalized spacial score (nSPS) is 12.7. The molecule has 3 N–H and O–H groups in total. The summed E-state index contributed by atoms with van der Waals surface area (Å²) in [5.41, 5.74) is 5.34. The van der Waals surface area contributed by atoms with Crippen molar-refractivity contribution < 1.29 is 33.0 Å². The second kappa shape index (κ2) is 13.4. The van der Waals surface area contributed by atoms with Crippen molar-refractivity contribution in [2.75, 3.05) is 7.11 Å². The molecule has 0 radical (unpaired) electrons. The summed E-state index contributed by atoms with van der Waals surface area (Å²) in [5, 5.41) is 2.71. The van der Waals surface area contributed by atoms with Crippen molar-refractivity contribution in [3.8, 4) is 11.8 Å². The summed E-state index contributed by atoms with van der Waals surface area (Å²) >= 11 is 0. The van der Waals surface area contributed by atoms with E-state index in [0.717, 1.165) is 0 Å². The number of carbonyl (C=O) groups is 3. The van der Waals surface area contributed by atoms with Crippen LogP contribution in [0.15, 0.2) is 18.2 Å². The van der Waals surface area contributed by atoms with Gasteiger partial charge in [-0.15, -0.1) is 0 Å². The molecule has 8 nitrogen and oxygen atoms in total. The summed E-state index contributed by atoms with van der Waals surface area (Å²) in [5.74, 6) is 4.05. The number of rotatable bonds is 10. The quantitative estimate of drug-likeness (QED) is 0.406. The number of primary amides is 1. The van der Waals surface area contributed by atoms with Gasteiger partial charge in [0.05, 0.1) is 37.8 Å². The Morgan fingerprint density at radius 2 is 1.91 bits per heavy atom. The van der Waals surface area contributed by atoms with Crippen molar-refractivity contribution in [1.29, 1.82) is 0 Å². The first kappa shape index (κ1) is 27.9. The molecule has 33 heavy (non-hydrogen) atoms. The summed E-state index contributed by atoms with van der Waals surface area (Å²) in [6.45, 7) is 7.05. The van der Waals surface area contributed by atoms with E-state index in [0.29, 0.717) is 5.56 Å². The molecule has 9 heteroatoms. The summed E-state index contributed by atoms with van der Waals surface area (Å²) in [7, 11) is 1.30. The average Bonchev–Trinajstić information content (AvgIpc) is 2.71. The van der Waals surface area contributed by atoms with Crippen LogP contribution in [0.5, 0.6) is 0 Å². The van der Waals surface area contributed by atoms with Crippen molar-refractivity contribution in [2.24, 2.45) is 5.73 Å². The van der Waals surface area contributed by atoms with E-state index < -0.39 is 35.6 Å². The van der Waals surface area contributed by atoms with Crippen LogP contribution in [0.25, 0.3) is 0 Å². The second-order valence-corrected chi connectivity index (χ2v) is 8.47. The number of halogens is 1. The number of alkyl carbamates (subject to hydrolysis) is 1. The lowest BCUT2D eigenvalue weighted by molar-refractivity contribution is -0.140. The van der Waals surface area contributed by atoms with E-state index in [1.807, 2.05) is 0 Å². The Bertz CT molecular complexity index is 885. The van der Waals surface area contributed by atoms with Crippen molar-refractivity contribution in [2.45, 2.75) is 77.7 Å². The fourth-order valence-electron chi connectivity index (χ4n) is 2.70. The minimum atomic E-state index is -0.677. The molecule has 0 aliphatic rings. The monoisotopic (exact) mass is 464 g/mol. The van der Waals surface area contributed by atoms with E-state index in [9.17, 15) is 18.8 Å². The number of hydrogen-bond acceptors (Lipinski definition) is 6. The average molecular weight is 465 g/mol. The van der Waals surface area contributed by atoms with Gasteiger partial charge in [-0.1, -0.05) is 17.9 Å². The predicted octanol–water partition coefficient (Wildman–Crippen LogP) is 3.19. The summed E-state index contributed by atoms with van der Waals surface area (Å²) < 4.78 is 30.0. The zero-order chi connectivity index (χ0) is 25.0. The summed E-state index contributed by atoms with van der Waals surface area (Å²) in [6, 6.07) is 4.00. The molecule has 1 aromatic rings. The third-order valence-corrected chi connectivity index (χ3v) is 4.42. The molecule has 0 aliphatic heterocycles. The Balaban J connectivity index is 2.73. The fraction of sp³-hybridized carbons (Fsp3) is 0.542. The van der Waals surface area contributed by atoms with Gasteiger partial charge in [-0.2, -0.15) is 0 Å². The van der Waals surface area contributed by atoms with Crippen LogP contribution in [-0.4, -0.2) is 42.8 Å². The van der Waals surface area contributed by atoms with E-state index >= 15 is 0 Å². The number of hydrogen-bond donors (Lipinski definition) is 2. The van der Waals surface area contributed by atoms with E-state index in [1.165, 1.54) is 19.2 Å². The third kappa shape index (κ3) is 11.9. The Labute approximate surface area is 194 Å². The molecule has 1 aromatic carbocycles. The zero-order valence-corrected chi connectivity index (χ0v) is 19.8. The molecule has 0 saturated carbocycles. The lowest BCUT2D eigenvalue weighted by Crippen LogP contribution is -2.45. The number of amides is 2. The minimum Gasteiger partial charge on any atom is -0.469 e. The molecule has 0 saturated heterocycles. The van der Waals surface area contributed by atoms with E-state index in [1.54, 1.807) is 33.8 Å². The molecule has 0 unspecified atom stereocenters. The molecule has 0 aromatic heterocycles. The van der Waals surface area contributed by atoms with E-state index in [-0.39, 0.29) is 43.8 Å². The number of carbonyl (C=O) groups excluding carboxylic acids is 3. The molecular weight excluding hydrogens is 431 g/mol. The van der Waals surface area contributed by atoms with Gasteiger partial charge in [0.15, 0.2) is 0 Å². The SMILES string of the molecule is COC(=O)CCC#Cc1ccc(CO[C@H](C)[C@H](CCC(N)=O)NC(=O)OC(C)(C)C)cc1F. The molecule has 182 valence electrons. The highest BCUT2D eigenvalue weighted by Gasteiger charge is 2.24. The molecular formula is C24H33FN2O6. The Morgan fingerprint density at radius 1 is 1.21 bits per heavy atom. The van der Waals surface area contributed by atoms with Gasteiger partial charge in [0.2, 0.25) is 5.91 Å². The number of nitrogens with two attached hydrogens (primary N) is 1. The van der Waals surface area contributed by atoms with Crippen LogP contribution in [0.1, 0.15) is 64.5 Å². The second-order valence-electron chi connectivity index (χ2n) is 8.47. The van der Waals surface area contributed by atoms with Gasteiger partial charge in [-0.05, 0) is 51.8 Å². The molecule has 2 amide bonds. The fourth-order valence-corrected chi connectivity index (χ4v) is 2.70. The summed E-state index contributed by atoms with van der Waals surface area (Å²) in [6.07, 6.45) is -0.392. The smallest absolute Gasteiger partial charge is 0.407 e. The van der Waals surface area contributed by atoms with Gasteiger partial charge in [0.1, 0.15) is 11.4 Å². The van der Waals surface area contributed by atoms with Crippen molar-refractivity contribution >= 4 is 18.0 Å². The van der Waals surface area contributed by atoms with Crippen LogP contribution in [-0.2, 0) is 30.4 Å². The number of methoxy groups -OCH3 is 1. The lowest BCUT2D eigenvalue weighted by Gasteiger charge is -2.27. The van der Waals surface area contributed by atoms with E-state index in [2.05, 4.69) is 21.9 Å². The topological polar surface area (TPSA) is 117 Å². The van der Waals surface area contributed by atoms with Gasteiger partial charge in [-0.25, -0.2) is 9.18 Å².